The molecule has 0 bridgehead atoms. The Hall–Kier alpha value is -1.29. The Morgan fingerprint density at radius 1 is 1.44 bits per heavy atom. The van der Waals surface area contributed by atoms with Gasteiger partial charge in [-0.3, -0.25) is 4.79 Å². The van der Waals surface area contributed by atoms with Crippen LogP contribution in [0.5, 0.6) is 0 Å². The van der Waals surface area contributed by atoms with E-state index in [9.17, 15) is 4.79 Å². The minimum Gasteiger partial charge on any atom is -0.469 e. The molecule has 1 heterocycles. The molecule has 1 rings (SSSR count). The summed E-state index contributed by atoms with van der Waals surface area (Å²) in [6.45, 7) is 3.56. The predicted octanol–water partition coefficient (Wildman–Crippen LogP) is 1.88. The summed E-state index contributed by atoms with van der Waals surface area (Å²) in [5, 5.41) is 3.22. The van der Waals surface area contributed by atoms with Gasteiger partial charge in [0.05, 0.1) is 13.7 Å². The van der Waals surface area contributed by atoms with Gasteiger partial charge in [-0.2, -0.15) is 0 Å². The maximum absolute atomic E-state index is 10.8. The first-order valence-corrected chi connectivity index (χ1v) is 5.61. The van der Waals surface area contributed by atoms with Crippen molar-refractivity contribution in [2.45, 2.75) is 32.7 Å². The molecular formula is C12H19NO3. The lowest BCUT2D eigenvalue weighted by molar-refractivity contribution is -0.140. The molecule has 0 saturated heterocycles. The number of aryl methyl sites for hydroxylation is 1. The van der Waals surface area contributed by atoms with Crippen LogP contribution < -0.4 is 5.32 Å². The van der Waals surface area contributed by atoms with Crippen molar-refractivity contribution in [2.75, 3.05) is 13.7 Å². The average Bonchev–Trinajstić information content (AvgIpc) is 2.76. The number of esters is 1. The molecular weight excluding hydrogens is 206 g/mol. The van der Waals surface area contributed by atoms with Crippen molar-refractivity contribution < 1.29 is 13.9 Å². The van der Waals surface area contributed by atoms with Crippen LogP contribution in [0.3, 0.4) is 0 Å². The Kier molecular flexibility index (Phi) is 5.64. The van der Waals surface area contributed by atoms with Crippen LogP contribution in [0.1, 0.15) is 31.3 Å². The van der Waals surface area contributed by atoms with E-state index < -0.39 is 0 Å². The summed E-state index contributed by atoms with van der Waals surface area (Å²) >= 11 is 0. The van der Waals surface area contributed by atoms with E-state index in [-0.39, 0.29) is 5.97 Å². The van der Waals surface area contributed by atoms with E-state index in [0.717, 1.165) is 30.9 Å². The molecule has 4 nitrogen and oxygen atoms in total. The number of hydrogen-bond donors (Lipinski definition) is 1. The number of ether oxygens (including phenoxy) is 1. The zero-order chi connectivity index (χ0) is 11.8. The van der Waals surface area contributed by atoms with Gasteiger partial charge in [0.25, 0.3) is 0 Å². The smallest absolute Gasteiger partial charge is 0.305 e. The van der Waals surface area contributed by atoms with Gasteiger partial charge in [-0.1, -0.05) is 6.92 Å². The van der Waals surface area contributed by atoms with Crippen molar-refractivity contribution in [3.8, 4) is 0 Å². The summed E-state index contributed by atoms with van der Waals surface area (Å²) < 4.78 is 10.1. The van der Waals surface area contributed by atoms with Crippen molar-refractivity contribution in [3.63, 3.8) is 0 Å². The maximum Gasteiger partial charge on any atom is 0.305 e. The lowest BCUT2D eigenvalue weighted by Gasteiger charge is -2.01. The molecule has 0 fully saturated rings. The van der Waals surface area contributed by atoms with Gasteiger partial charge in [0.15, 0.2) is 0 Å². The molecule has 0 aliphatic carbocycles. The molecule has 90 valence electrons. The van der Waals surface area contributed by atoms with Crippen LogP contribution in [0.25, 0.3) is 0 Å². The molecule has 0 radical (unpaired) electrons. The summed E-state index contributed by atoms with van der Waals surface area (Å²) in [6, 6.07) is 3.97. The highest BCUT2D eigenvalue weighted by Gasteiger charge is 2.01. The van der Waals surface area contributed by atoms with Crippen LogP contribution >= 0.6 is 0 Å². The largest absolute Gasteiger partial charge is 0.469 e. The van der Waals surface area contributed by atoms with Crippen molar-refractivity contribution in [2.24, 2.45) is 0 Å². The lowest BCUT2D eigenvalue weighted by atomic mass is 10.3. The Labute approximate surface area is 96.0 Å². The minimum absolute atomic E-state index is 0.159. The monoisotopic (exact) mass is 225 g/mol. The van der Waals surface area contributed by atoms with Gasteiger partial charge < -0.3 is 14.5 Å². The summed E-state index contributed by atoms with van der Waals surface area (Å²) in [7, 11) is 1.41. The number of rotatable bonds is 7. The Bertz CT molecular complexity index is 320. The Morgan fingerprint density at radius 2 is 2.19 bits per heavy atom. The van der Waals surface area contributed by atoms with E-state index in [1.165, 1.54) is 7.11 Å². The summed E-state index contributed by atoms with van der Waals surface area (Å²) in [4.78, 5) is 10.8. The second-order valence-corrected chi connectivity index (χ2v) is 3.58. The first-order valence-electron chi connectivity index (χ1n) is 5.61. The molecule has 0 aromatic carbocycles. The highest BCUT2D eigenvalue weighted by molar-refractivity contribution is 5.69. The molecule has 1 aromatic rings. The molecule has 4 heteroatoms. The Morgan fingerprint density at radius 3 is 2.81 bits per heavy atom. The lowest BCUT2D eigenvalue weighted by Crippen LogP contribution is -2.15. The number of carbonyl (C=O) groups is 1. The first-order chi connectivity index (χ1) is 7.76. The van der Waals surface area contributed by atoms with Crippen molar-refractivity contribution >= 4 is 5.97 Å². The molecule has 0 atom stereocenters. The zero-order valence-corrected chi connectivity index (χ0v) is 9.91. The van der Waals surface area contributed by atoms with Crippen molar-refractivity contribution in [1.29, 1.82) is 0 Å². The standard InChI is InChI=1S/C12H19NO3/c1-3-10-6-7-11(16-10)9-13-8-4-5-12(14)15-2/h6-7,13H,3-5,8-9H2,1-2H3. The molecule has 1 aromatic heterocycles. The third kappa shape index (κ3) is 4.49. The van der Waals surface area contributed by atoms with Crippen LogP contribution in [0.2, 0.25) is 0 Å². The van der Waals surface area contributed by atoms with Crippen LogP contribution in [0, 0.1) is 0 Å². The van der Waals surface area contributed by atoms with Gasteiger partial charge >= 0.3 is 5.97 Å². The van der Waals surface area contributed by atoms with Crippen LogP contribution in [0.4, 0.5) is 0 Å². The maximum atomic E-state index is 10.8. The summed E-state index contributed by atoms with van der Waals surface area (Å²) in [6.07, 6.45) is 2.16. The van der Waals surface area contributed by atoms with E-state index in [1.807, 2.05) is 12.1 Å². The highest BCUT2D eigenvalue weighted by Crippen LogP contribution is 2.07. The molecule has 0 aliphatic rings. The molecule has 0 amide bonds. The van der Waals surface area contributed by atoms with E-state index in [2.05, 4.69) is 17.0 Å². The normalized spacial score (nSPS) is 10.4. The van der Waals surface area contributed by atoms with Gasteiger partial charge in [0.2, 0.25) is 0 Å². The first kappa shape index (κ1) is 12.8. The Balaban J connectivity index is 2.09. The second-order valence-electron chi connectivity index (χ2n) is 3.58. The van der Waals surface area contributed by atoms with Crippen molar-refractivity contribution in [1.82, 2.24) is 5.32 Å². The van der Waals surface area contributed by atoms with Crippen LogP contribution in [0.15, 0.2) is 16.5 Å². The third-order valence-corrected chi connectivity index (χ3v) is 2.33. The number of furan rings is 1. The molecule has 0 aliphatic heterocycles. The fraction of sp³-hybridized carbons (Fsp3) is 0.583. The van der Waals surface area contributed by atoms with Gasteiger partial charge in [-0.15, -0.1) is 0 Å². The average molecular weight is 225 g/mol. The van der Waals surface area contributed by atoms with Gasteiger partial charge in [-0.25, -0.2) is 0 Å². The van der Waals surface area contributed by atoms with Crippen LogP contribution in [-0.2, 0) is 22.5 Å². The topological polar surface area (TPSA) is 51.5 Å². The summed E-state index contributed by atoms with van der Waals surface area (Å²) in [5.74, 6) is 1.79. The number of methoxy groups -OCH3 is 1. The molecule has 16 heavy (non-hydrogen) atoms. The third-order valence-electron chi connectivity index (χ3n) is 2.33. The predicted molar refractivity (Wildman–Crippen MR) is 61.0 cm³/mol. The quantitative estimate of drug-likeness (QED) is 0.568. The minimum atomic E-state index is -0.159. The SMILES string of the molecule is CCc1ccc(CNCCCC(=O)OC)o1. The zero-order valence-electron chi connectivity index (χ0n) is 9.91. The molecule has 0 unspecified atom stereocenters. The molecule has 0 spiro atoms. The number of hydrogen-bond acceptors (Lipinski definition) is 4. The van der Waals surface area contributed by atoms with E-state index in [0.29, 0.717) is 13.0 Å². The second kappa shape index (κ2) is 7.06. The van der Waals surface area contributed by atoms with E-state index in [1.54, 1.807) is 0 Å². The highest BCUT2D eigenvalue weighted by atomic mass is 16.5. The van der Waals surface area contributed by atoms with Gasteiger partial charge in [-0.05, 0) is 25.1 Å². The van der Waals surface area contributed by atoms with E-state index >= 15 is 0 Å². The number of nitrogens with one attached hydrogen (secondary N) is 1. The fourth-order valence-corrected chi connectivity index (χ4v) is 1.38. The van der Waals surface area contributed by atoms with Crippen LogP contribution in [-0.4, -0.2) is 19.6 Å². The van der Waals surface area contributed by atoms with Crippen molar-refractivity contribution in [3.05, 3.63) is 23.7 Å². The summed E-state index contributed by atoms with van der Waals surface area (Å²) in [5.41, 5.74) is 0. The van der Waals surface area contributed by atoms with E-state index in [4.69, 9.17) is 4.42 Å². The molecule has 1 N–H and O–H groups in total. The fourth-order valence-electron chi connectivity index (χ4n) is 1.38. The van der Waals surface area contributed by atoms with Gasteiger partial charge in [0.1, 0.15) is 11.5 Å². The van der Waals surface area contributed by atoms with Gasteiger partial charge in [0, 0.05) is 12.8 Å². The molecule has 0 saturated carbocycles. The number of carbonyl (C=O) groups excluding carboxylic acids is 1.